The predicted molar refractivity (Wildman–Crippen MR) is 80.7 cm³/mol. The van der Waals surface area contributed by atoms with Crippen LogP contribution in [0.2, 0.25) is 0 Å². The van der Waals surface area contributed by atoms with Gasteiger partial charge in [-0.2, -0.15) is 0 Å². The highest BCUT2D eigenvalue weighted by Gasteiger charge is 2.07. The number of hydrogen-bond donors (Lipinski definition) is 2. The molecule has 2 aromatic carbocycles. The Morgan fingerprint density at radius 2 is 2.05 bits per heavy atom. The first-order valence-electron chi connectivity index (χ1n) is 6.35. The van der Waals surface area contributed by atoms with E-state index in [-0.39, 0.29) is 5.91 Å². The predicted octanol–water partition coefficient (Wildman–Crippen LogP) is 2.98. The minimum Gasteiger partial charge on any atom is -0.399 e. The lowest BCUT2D eigenvalue weighted by molar-refractivity contribution is 0.102. The second-order valence-electron chi connectivity index (χ2n) is 4.72. The Hall–Kier alpha value is -2.33. The molecule has 0 aliphatic rings. The molecule has 0 atom stereocenters. The maximum absolute atomic E-state index is 12.2. The van der Waals surface area contributed by atoms with Crippen molar-refractivity contribution < 1.29 is 9.53 Å². The van der Waals surface area contributed by atoms with E-state index < -0.39 is 0 Å². The molecule has 0 fully saturated rings. The Balaban J connectivity index is 2.16. The van der Waals surface area contributed by atoms with Crippen molar-refractivity contribution in [1.82, 2.24) is 0 Å². The Bertz CT molecular complexity index is 603. The zero-order valence-electron chi connectivity index (χ0n) is 11.6. The van der Waals surface area contributed by atoms with E-state index >= 15 is 0 Å². The quantitative estimate of drug-likeness (QED) is 0.839. The van der Waals surface area contributed by atoms with Gasteiger partial charge in [0.15, 0.2) is 0 Å². The SMILES string of the molecule is COCc1cccc(NC(=O)c2cc(C)cc(N)c2)c1. The second-order valence-corrected chi connectivity index (χ2v) is 4.72. The highest BCUT2D eigenvalue weighted by Crippen LogP contribution is 2.15. The maximum atomic E-state index is 12.2. The zero-order chi connectivity index (χ0) is 14.5. The standard InChI is InChI=1S/C16H18N2O2/c1-11-6-13(9-14(17)7-11)16(19)18-15-5-3-4-12(8-15)10-20-2/h3-9H,10,17H2,1-2H3,(H,18,19). The summed E-state index contributed by atoms with van der Waals surface area (Å²) in [6, 6.07) is 12.9. The lowest BCUT2D eigenvalue weighted by Gasteiger charge is -2.08. The minimum absolute atomic E-state index is 0.171. The summed E-state index contributed by atoms with van der Waals surface area (Å²) in [4.78, 5) is 12.2. The number of anilines is 2. The number of benzene rings is 2. The molecular weight excluding hydrogens is 252 g/mol. The van der Waals surface area contributed by atoms with Crippen LogP contribution in [-0.4, -0.2) is 13.0 Å². The number of nitrogens with one attached hydrogen (secondary N) is 1. The van der Waals surface area contributed by atoms with E-state index in [1.165, 1.54) is 0 Å². The van der Waals surface area contributed by atoms with Crippen LogP contribution in [0.1, 0.15) is 21.5 Å². The summed E-state index contributed by atoms with van der Waals surface area (Å²) < 4.78 is 5.07. The van der Waals surface area contributed by atoms with Crippen LogP contribution in [-0.2, 0) is 11.3 Å². The van der Waals surface area contributed by atoms with Gasteiger partial charge in [-0.3, -0.25) is 4.79 Å². The van der Waals surface area contributed by atoms with Crippen LogP contribution in [0, 0.1) is 6.92 Å². The second kappa shape index (κ2) is 6.21. The van der Waals surface area contributed by atoms with Crippen LogP contribution in [0.5, 0.6) is 0 Å². The number of hydrogen-bond acceptors (Lipinski definition) is 3. The summed E-state index contributed by atoms with van der Waals surface area (Å²) in [5, 5.41) is 2.86. The topological polar surface area (TPSA) is 64.3 Å². The highest BCUT2D eigenvalue weighted by molar-refractivity contribution is 6.04. The van der Waals surface area contributed by atoms with Crippen molar-refractivity contribution in [2.24, 2.45) is 0 Å². The molecule has 2 aromatic rings. The average molecular weight is 270 g/mol. The largest absolute Gasteiger partial charge is 0.399 e. The molecule has 1 amide bonds. The van der Waals surface area contributed by atoms with E-state index in [0.29, 0.717) is 17.9 Å². The Labute approximate surface area is 118 Å². The molecule has 4 nitrogen and oxygen atoms in total. The third-order valence-electron chi connectivity index (χ3n) is 2.86. The maximum Gasteiger partial charge on any atom is 0.255 e. The Morgan fingerprint density at radius 1 is 1.25 bits per heavy atom. The van der Waals surface area contributed by atoms with Gasteiger partial charge in [0.1, 0.15) is 0 Å². The van der Waals surface area contributed by atoms with E-state index in [9.17, 15) is 4.79 Å². The molecule has 0 saturated heterocycles. The van der Waals surface area contributed by atoms with E-state index in [2.05, 4.69) is 5.32 Å². The first kappa shape index (κ1) is 14.1. The van der Waals surface area contributed by atoms with Crippen molar-refractivity contribution in [3.8, 4) is 0 Å². The summed E-state index contributed by atoms with van der Waals surface area (Å²) in [6.07, 6.45) is 0. The number of methoxy groups -OCH3 is 1. The number of carbonyl (C=O) groups excluding carboxylic acids is 1. The van der Waals surface area contributed by atoms with Crippen LogP contribution >= 0.6 is 0 Å². The smallest absolute Gasteiger partial charge is 0.255 e. The molecule has 0 bridgehead atoms. The van der Waals surface area contributed by atoms with Gasteiger partial charge in [-0.1, -0.05) is 12.1 Å². The van der Waals surface area contributed by atoms with Crippen LogP contribution in [0.25, 0.3) is 0 Å². The van der Waals surface area contributed by atoms with Crippen molar-refractivity contribution in [3.63, 3.8) is 0 Å². The van der Waals surface area contributed by atoms with E-state index in [1.807, 2.05) is 43.3 Å². The zero-order valence-corrected chi connectivity index (χ0v) is 11.6. The molecule has 104 valence electrons. The molecule has 20 heavy (non-hydrogen) atoms. The third kappa shape index (κ3) is 3.59. The molecule has 0 heterocycles. The number of aryl methyl sites for hydroxylation is 1. The number of nitrogen functional groups attached to an aromatic ring is 1. The van der Waals surface area contributed by atoms with Gasteiger partial charge in [0.2, 0.25) is 0 Å². The summed E-state index contributed by atoms with van der Waals surface area (Å²) >= 11 is 0. The van der Waals surface area contributed by atoms with Crippen LogP contribution in [0.3, 0.4) is 0 Å². The van der Waals surface area contributed by atoms with Crippen LogP contribution in [0.15, 0.2) is 42.5 Å². The van der Waals surface area contributed by atoms with Gasteiger partial charge in [0.05, 0.1) is 6.61 Å². The summed E-state index contributed by atoms with van der Waals surface area (Å²) in [6.45, 7) is 2.42. The average Bonchev–Trinajstić information content (AvgIpc) is 2.38. The normalized spacial score (nSPS) is 10.3. The van der Waals surface area contributed by atoms with Gasteiger partial charge >= 0.3 is 0 Å². The molecule has 0 aromatic heterocycles. The van der Waals surface area contributed by atoms with Crippen molar-refractivity contribution >= 4 is 17.3 Å². The van der Waals surface area contributed by atoms with Crippen LogP contribution in [0.4, 0.5) is 11.4 Å². The number of rotatable bonds is 4. The number of carbonyl (C=O) groups is 1. The number of nitrogens with two attached hydrogens (primary N) is 1. The molecule has 0 spiro atoms. The third-order valence-corrected chi connectivity index (χ3v) is 2.86. The van der Waals surface area contributed by atoms with Gasteiger partial charge in [-0.15, -0.1) is 0 Å². The lowest BCUT2D eigenvalue weighted by Crippen LogP contribution is -2.12. The summed E-state index contributed by atoms with van der Waals surface area (Å²) in [5.41, 5.74) is 9.61. The van der Waals surface area contributed by atoms with E-state index in [4.69, 9.17) is 10.5 Å². The summed E-state index contributed by atoms with van der Waals surface area (Å²) in [5.74, 6) is -0.171. The molecule has 4 heteroatoms. The number of ether oxygens (including phenoxy) is 1. The molecular formula is C16H18N2O2. The summed E-state index contributed by atoms with van der Waals surface area (Å²) in [7, 11) is 1.64. The molecule has 0 aliphatic carbocycles. The molecule has 0 aliphatic heterocycles. The van der Waals surface area contributed by atoms with Gasteiger partial charge < -0.3 is 15.8 Å². The van der Waals surface area contributed by atoms with Crippen molar-refractivity contribution in [2.75, 3.05) is 18.2 Å². The van der Waals surface area contributed by atoms with Gasteiger partial charge in [0, 0.05) is 24.0 Å². The van der Waals surface area contributed by atoms with E-state index in [1.54, 1.807) is 13.2 Å². The fourth-order valence-electron chi connectivity index (χ4n) is 2.05. The number of amides is 1. The Kier molecular flexibility index (Phi) is 4.38. The Morgan fingerprint density at radius 3 is 2.75 bits per heavy atom. The fourth-order valence-corrected chi connectivity index (χ4v) is 2.05. The lowest BCUT2D eigenvalue weighted by atomic mass is 10.1. The molecule has 3 N–H and O–H groups in total. The van der Waals surface area contributed by atoms with Crippen molar-refractivity contribution in [1.29, 1.82) is 0 Å². The highest BCUT2D eigenvalue weighted by atomic mass is 16.5. The molecule has 0 unspecified atom stereocenters. The first-order valence-corrected chi connectivity index (χ1v) is 6.35. The molecule has 0 saturated carbocycles. The van der Waals surface area contributed by atoms with Gasteiger partial charge in [0.25, 0.3) is 5.91 Å². The molecule has 0 radical (unpaired) electrons. The van der Waals surface area contributed by atoms with Gasteiger partial charge in [-0.05, 0) is 48.4 Å². The van der Waals surface area contributed by atoms with E-state index in [0.717, 1.165) is 16.8 Å². The monoisotopic (exact) mass is 270 g/mol. The van der Waals surface area contributed by atoms with Crippen molar-refractivity contribution in [2.45, 2.75) is 13.5 Å². The first-order chi connectivity index (χ1) is 9.58. The molecule has 2 rings (SSSR count). The minimum atomic E-state index is -0.171. The van der Waals surface area contributed by atoms with Crippen LogP contribution < -0.4 is 11.1 Å². The van der Waals surface area contributed by atoms with Crippen molar-refractivity contribution in [3.05, 3.63) is 59.2 Å². The fraction of sp³-hybridized carbons (Fsp3) is 0.188. The van der Waals surface area contributed by atoms with Gasteiger partial charge in [-0.25, -0.2) is 0 Å².